The maximum atomic E-state index is 12.0. The molecule has 1 aliphatic carbocycles. The summed E-state index contributed by atoms with van der Waals surface area (Å²) in [7, 11) is 0. The highest BCUT2D eigenvalue weighted by Crippen LogP contribution is 2.36. The molecule has 1 saturated heterocycles. The number of pyridine rings is 1. The van der Waals surface area contributed by atoms with E-state index in [1.807, 2.05) is 0 Å². The predicted molar refractivity (Wildman–Crippen MR) is 73.9 cm³/mol. The predicted octanol–water partition coefficient (Wildman–Crippen LogP) is 2.14. The summed E-state index contributed by atoms with van der Waals surface area (Å²) in [5, 5.41) is 2.79. The highest BCUT2D eigenvalue weighted by atomic mass is 16.7. The quantitative estimate of drug-likeness (QED) is 0.510. The van der Waals surface area contributed by atoms with Crippen LogP contribution in [0.5, 0.6) is 0 Å². The van der Waals surface area contributed by atoms with Gasteiger partial charge in [0.2, 0.25) is 0 Å². The van der Waals surface area contributed by atoms with Crippen LogP contribution in [0.25, 0.3) is 0 Å². The van der Waals surface area contributed by atoms with E-state index in [1.54, 1.807) is 24.4 Å². The lowest BCUT2D eigenvalue weighted by atomic mass is 9.93. The molecule has 110 valence electrons. The molecule has 2 aliphatic rings. The molecule has 1 aliphatic heterocycles. The molecular formula is C15H16N2O4. The zero-order valence-electron chi connectivity index (χ0n) is 11.5. The average molecular weight is 288 g/mol. The van der Waals surface area contributed by atoms with Crippen molar-refractivity contribution in [1.29, 1.82) is 0 Å². The third kappa shape index (κ3) is 2.89. The minimum absolute atomic E-state index is 0.142. The molecule has 1 aromatic heterocycles. The number of aromatic nitrogens is 1. The SMILES string of the molecule is O=C1OC2(CCCCC2)OC(=O)C1=CNc1ccccn1. The second kappa shape index (κ2) is 5.55. The highest BCUT2D eigenvalue weighted by Gasteiger charge is 2.46. The van der Waals surface area contributed by atoms with Crippen molar-refractivity contribution in [3.63, 3.8) is 0 Å². The molecule has 0 radical (unpaired) electrons. The van der Waals surface area contributed by atoms with E-state index in [2.05, 4.69) is 10.3 Å². The zero-order chi connectivity index (χ0) is 14.7. The van der Waals surface area contributed by atoms with Gasteiger partial charge in [0.25, 0.3) is 5.79 Å². The molecule has 1 aromatic rings. The monoisotopic (exact) mass is 288 g/mol. The van der Waals surface area contributed by atoms with Gasteiger partial charge in [-0.2, -0.15) is 0 Å². The maximum absolute atomic E-state index is 12.0. The first-order chi connectivity index (χ1) is 10.2. The average Bonchev–Trinajstić information content (AvgIpc) is 2.48. The van der Waals surface area contributed by atoms with E-state index < -0.39 is 17.7 Å². The van der Waals surface area contributed by atoms with Gasteiger partial charge < -0.3 is 14.8 Å². The van der Waals surface area contributed by atoms with Crippen molar-refractivity contribution in [3.05, 3.63) is 36.2 Å². The van der Waals surface area contributed by atoms with Crippen LogP contribution in [0.3, 0.4) is 0 Å². The number of hydrogen-bond acceptors (Lipinski definition) is 6. The molecule has 1 N–H and O–H groups in total. The van der Waals surface area contributed by atoms with E-state index in [1.165, 1.54) is 6.20 Å². The van der Waals surface area contributed by atoms with Crippen molar-refractivity contribution < 1.29 is 19.1 Å². The van der Waals surface area contributed by atoms with Gasteiger partial charge in [0.05, 0.1) is 0 Å². The van der Waals surface area contributed by atoms with Crippen LogP contribution in [-0.2, 0) is 19.1 Å². The molecular weight excluding hydrogens is 272 g/mol. The Morgan fingerprint density at radius 3 is 2.43 bits per heavy atom. The summed E-state index contributed by atoms with van der Waals surface area (Å²) in [6, 6.07) is 5.29. The summed E-state index contributed by atoms with van der Waals surface area (Å²) in [5.74, 6) is -1.80. The first-order valence-corrected chi connectivity index (χ1v) is 7.03. The lowest BCUT2D eigenvalue weighted by molar-refractivity contribution is -0.244. The van der Waals surface area contributed by atoms with Crippen LogP contribution >= 0.6 is 0 Å². The molecule has 21 heavy (non-hydrogen) atoms. The molecule has 0 aromatic carbocycles. The van der Waals surface area contributed by atoms with E-state index >= 15 is 0 Å². The molecule has 6 heteroatoms. The molecule has 0 amide bonds. The third-order valence-corrected chi connectivity index (χ3v) is 3.64. The van der Waals surface area contributed by atoms with Crippen LogP contribution in [-0.4, -0.2) is 22.7 Å². The Balaban J connectivity index is 1.73. The first-order valence-electron chi connectivity index (χ1n) is 7.03. The zero-order valence-corrected chi connectivity index (χ0v) is 11.5. The Hall–Kier alpha value is -2.37. The number of carbonyl (C=O) groups is 2. The number of nitrogens with zero attached hydrogens (tertiary/aromatic N) is 1. The van der Waals surface area contributed by atoms with Gasteiger partial charge in [0.15, 0.2) is 5.57 Å². The van der Waals surface area contributed by atoms with E-state index in [-0.39, 0.29) is 5.57 Å². The van der Waals surface area contributed by atoms with Crippen molar-refractivity contribution in [2.75, 3.05) is 5.32 Å². The molecule has 0 unspecified atom stereocenters. The van der Waals surface area contributed by atoms with Gasteiger partial charge in [-0.25, -0.2) is 14.6 Å². The summed E-state index contributed by atoms with van der Waals surface area (Å²) in [6.45, 7) is 0. The molecule has 1 saturated carbocycles. The normalized spacial score (nSPS) is 20.7. The minimum atomic E-state index is -1.05. The smallest absolute Gasteiger partial charge is 0.350 e. The Kier molecular flexibility index (Phi) is 3.60. The number of ether oxygens (including phenoxy) is 2. The van der Waals surface area contributed by atoms with Crippen molar-refractivity contribution in [2.24, 2.45) is 0 Å². The molecule has 1 spiro atoms. The minimum Gasteiger partial charge on any atom is -0.419 e. The Labute approximate surface area is 122 Å². The summed E-state index contributed by atoms with van der Waals surface area (Å²) < 4.78 is 10.8. The molecule has 0 atom stereocenters. The van der Waals surface area contributed by atoms with Gasteiger partial charge in [-0.05, 0) is 25.0 Å². The van der Waals surface area contributed by atoms with Crippen LogP contribution in [0.2, 0.25) is 0 Å². The fourth-order valence-electron chi connectivity index (χ4n) is 2.56. The van der Waals surface area contributed by atoms with E-state index in [0.717, 1.165) is 19.3 Å². The van der Waals surface area contributed by atoms with Crippen LogP contribution in [0.15, 0.2) is 36.2 Å². The van der Waals surface area contributed by atoms with E-state index in [4.69, 9.17) is 9.47 Å². The third-order valence-electron chi connectivity index (χ3n) is 3.64. The Morgan fingerprint density at radius 1 is 1.10 bits per heavy atom. The lowest BCUT2D eigenvalue weighted by Crippen LogP contribution is -2.47. The number of esters is 2. The van der Waals surface area contributed by atoms with E-state index in [0.29, 0.717) is 18.7 Å². The standard InChI is InChI=1S/C15H16N2O4/c18-13-11(10-17-12-6-2-5-9-16-12)14(19)21-15(20-13)7-3-1-4-8-15/h2,5-6,9-10H,1,3-4,7-8H2,(H,16,17). The van der Waals surface area contributed by atoms with Crippen LogP contribution in [0.4, 0.5) is 5.82 Å². The fraction of sp³-hybridized carbons (Fsp3) is 0.400. The molecule has 3 rings (SSSR count). The summed E-state index contributed by atoms with van der Waals surface area (Å²) in [6.07, 6.45) is 6.90. The summed E-state index contributed by atoms with van der Waals surface area (Å²) in [4.78, 5) is 28.1. The highest BCUT2D eigenvalue weighted by molar-refractivity contribution is 6.15. The molecule has 6 nitrogen and oxygen atoms in total. The molecule has 0 bridgehead atoms. The van der Waals surface area contributed by atoms with Crippen LogP contribution in [0, 0.1) is 0 Å². The van der Waals surface area contributed by atoms with Gasteiger partial charge in [-0.15, -0.1) is 0 Å². The second-order valence-corrected chi connectivity index (χ2v) is 5.17. The Morgan fingerprint density at radius 2 is 1.81 bits per heavy atom. The van der Waals surface area contributed by atoms with Crippen LogP contribution in [0.1, 0.15) is 32.1 Å². The van der Waals surface area contributed by atoms with Crippen molar-refractivity contribution in [2.45, 2.75) is 37.9 Å². The number of anilines is 1. The van der Waals surface area contributed by atoms with Gasteiger partial charge in [-0.1, -0.05) is 12.5 Å². The lowest BCUT2D eigenvalue weighted by Gasteiger charge is -2.38. The van der Waals surface area contributed by atoms with Gasteiger partial charge in [-0.3, -0.25) is 0 Å². The van der Waals surface area contributed by atoms with Crippen LogP contribution < -0.4 is 5.32 Å². The number of hydrogen-bond donors (Lipinski definition) is 1. The Bertz CT molecular complexity index is 555. The van der Waals surface area contributed by atoms with Crippen molar-refractivity contribution >= 4 is 17.8 Å². The van der Waals surface area contributed by atoms with Crippen molar-refractivity contribution in [3.8, 4) is 0 Å². The van der Waals surface area contributed by atoms with E-state index in [9.17, 15) is 9.59 Å². The number of nitrogens with one attached hydrogen (secondary N) is 1. The van der Waals surface area contributed by atoms with Crippen molar-refractivity contribution in [1.82, 2.24) is 4.98 Å². The second-order valence-electron chi connectivity index (χ2n) is 5.17. The summed E-state index contributed by atoms with van der Waals surface area (Å²) in [5.41, 5.74) is -0.142. The maximum Gasteiger partial charge on any atom is 0.350 e. The molecule has 2 heterocycles. The van der Waals surface area contributed by atoms with Gasteiger partial charge in [0.1, 0.15) is 5.82 Å². The topological polar surface area (TPSA) is 77.5 Å². The number of carbonyl (C=O) groups excluding carboxylic acids is 2. The summed E-state index contributed by atoms with van der Waals surface area (Å²) >= 11 is 0. The first kappa shape index (κ1) is 13.6. The number of rotatable bonds is 2. The van der Waals surface area contributed by atoms with Gasteiger partial charge in [0, 0.05) is 25.2 Å². The fourth-order valence-corrected chi connectivity index (χ4v) is 2.56. The molecule has 2 fully saturated rings. The largest absolute Gasteiger partial charge is 0.419 e. The van der Waals surface area contributed by atoms with Gasteiger partial charge >= 0.3 is 11.9 Å².